The molecule has 0 aliphatic carbocycles. The molecule has 0 atom stereocenters. The smallest absolute Gasteiger partial charge is 0.302 e. The number of halogens is 7. The molecule has 2 nitrogen and oxygen atoms in total. The lowest BCUT2D eigenvalue weighted by Crippen LogP contribution is -2.52. The minimum Gasteiger partial charge on any atom is -0.302 e. The number of hydrogen-bond acceptors (Lipinski definition) is 2. The third kappa shape index (κ3) is 3.66. The molecule has 112 valence electrons. The molecule has 0 spiro atoms. The zero-order chi connectivity index (χ0) is 15.7. The summed E-state index contributed by atoms with van der Waals surface area (Å²) >= 11 is 0. The van der Waals surface area contributed by atoms with Gasteiger partial charge < -0.3 is 4.79 Å². The van der Waals surface area contributed by atoms with Gasteiger partial charge in [-0.05, 0) is 13.8 Å². The fourth-order valence-electron chi connectivity index (χ4n) is 1.02. The number of hydrogen-bond donors (Lipinski definition) is 0. The number of Topliss-reactive ketones (excluding diaryl/α,β-unsaturated/α-hetero) is 1. The summed E-state index contributed by atoms with van der Waals surface area (Å²) in [5, 5.41) is 0. The highest BCUT2D eigenvalue weighted by atomic mass is 19.4. The normalized spacial score (nSPS) is 14.4. The zero-order valence-electron chi connectivity index (χ0n) is 9.95. The minimum atomic E-state index is -6.42. The summed E-state index contributed by atoms with van der Waals surface area (Å²) < 4.78 is 86.0. The van der Waals surface area contributed by atoms with Crippen molar-refractivity contribution < 1.29 is 40.3 Å². The third-order valence-electron chi connectivity index (χ3n) is 2.49. The van der Waals surface area contributed by atoms with Crippen LogP contribution in [0.4, 0.5) is 30.7 Å². The fraction of sp³-hybridized carbons (Fsp3) is 0.800. The van der Waals surface area contributed by atoms with Gasteiger partial charge in [-0.15, -0.1) is 0 Å². The molecule has 0 aromatic heterocycles. The summed E-state index contributed by atoms with van der Waals surface area (Å²) in [4.78, 5) is 21.6. The minimum absolute atomic E-state index is 0.107. The highest BCUT2D eigenvalue weighted by Gasteiger charge is 2.72. The lowest BCUT2D eigenvalue weighted by atomic mass is 9.86. The molecule has 0 fully saturated rings. The molecule has 0 saturated carbocycles. The van der Waals surface area contributed by atoms with Crippen LogP contribution in [-0.4, -0.2) is 30.1 Å². The Labute approximate surface area is 104 Å². The van der Waals surface area contributed by atoms with Crippen LogP contribution in [0.3, 0.4) is 0 Å². The van der Waals surface area contributed by atoms with Gasteiger partial charge in [-0.2, -0.15) is 30.7 Å². The first-order valence-corrected chi connectivity index (χ1v) is 5.01. The van der Waals surface area contributed by atoms with Gasteiger partial charge >= 0.3 is 18.0 Å². The van der Waals surface area contributed by atoms with Crippen LogP contribution in [0.2, 0.25) is 0 Å². The Balaban J connectivity index is 4.92. The first kappa shape index (κ1) is 17.8. The van der Waals surface area contributed by atoms with Crippen LogP contribution < -0.4 is 0 Å². The Morgan fingerprint density at radius 1 is 1.00 bits per heavy atom. The monoisotopic (exact) mass is 296 g/mol. The van der Waals surface area contributed by atoms with Gasteiger partial charge in [-0.3, -0.25) is 4.79 Å². The van der Waals surface area contributed by atoms with Gasteiger partial charge in [-0.25, -0.2) is 0 Å². The first-order valence-electron chi connectivity index (χ1n) is 5.01. The van der Waals surface area contributed by atoms with Crippen molar-refractivity contribution in [2.45, 2.75) is 44.7 Å². The van der Waals surface area contributed by atoms with Crippen LogP contribution in [0.25, 0.3) is 0 Å². The maximum absolute atomic E-state index is 12.8. The van der Waals surface area contributed by atoms with Crippen molar-refractivity contribution in [2.24, 2.45) is 5.41 Å². The Morgan fingerprint density at radius 2 is 1.42 bits per heavy atom. The SMILES string of the molecule is CC(C)(C=O)C(=O)CCC(F)(F)C(F)(F)C(F)(F)F. The van der Waals surface area contributed by atoms with E-state index >= 15 is 0 Å². The summed E-state index contributed by atoms with van der Waals surface area (Å²) in [5.74, 6) is -12.8. The van der Waals surface area contributed by atoms with E-state index in [1.54, 1.807) is 0 Å². The molecule has 0 aromatic carbocycles. The van der Waals surface area contributed by atoms with E-state index < -0.39 is 42.1 Å². The van der Waals surface area contributed by atoms with Gasteiger partial charge in [-0.1, -0.05) is 0 Å². The number of aldehydes is 1. The maximum Gasteiger partial charge on any atom is 0.459 e. The van der Waals surface area contributed by atoms with Gasteiger partial charge in [0, 0.05) is 12.8 Å². The van der Waals surface area contributed by atoms with Crippen molar-refractivity contribution in [1.29, 1.82) is 0 Å². The molecule has 0 amide bonds. The van der Waals surface area contributed by atoms with Crippen LogP contribution in [0.1, 0.15) is 26.7 Å². The maximum atomic E-state index is 12.8. The molecule has 0 aliphatic heterocycles. The van der Waals surface area contributed by atoms with E-state index in [1.165, 1.54) is 0 Å². The van der Waals surface area contributed by atoms with E-state index in [-0.39, 0.29) is 6.29 Å². The van der Waals surface area contributed by atoms with E-state index in [1.807, 2.05) is 0 Å². The largest absolute Gasteiger partial charge is 0.459 e. The summed E-state index contributed by atoms with van der Waals surface area (Å²) in [6.07, 6.45) is -9.56. The standard InChI is InChI=1S/C10H11F7O2/c1-7(2,5-18)6(19)3-4-8(11,12)9(13,14)10(15,16)17/h5H,3-4H2,1-2H3. The highest BCUT2D eigenvalue weighted by molar-refractivity contribution is 5.97. The second-order valence-corrected chi connectivity index (χ2v) is 4.54. The average molecular weight is 296 g/mol. The van der Waals surface area contributed by atoms with E-state index in [0.717, 1.165) is 13.8 Å². The average Bonchev–Trinajstić information content (AvgIpc) is 2.24. The summed E-state index contributed by atoms with van der Waals surface area (Å²) in [5.41, 5.74) is -1.70. The first-order chi connectivity index (χ1) is 8.19. The molecule has 9 heteroatoms. The quantitative estimate of drug-likeness (QED) is 0.428. The van der Waals surface area contributed by atoms with Gasteiger partial charge in [0.25, 0.3) is 0 Å². The third-order valence-corrected chi connectivity index (χ3v) is 2.49. The predicted molar refractivity (Wildman–Crippen MR) is 50.0 cm³/mol. The van der Waals surface area contributed by atoms with E-state index in [9.17, 15) is 40.3 Å². The lowest BCUT2D eigenvalue weighted by Gasteiger charge is -2.28. The van der Waals surface area contributed by atoms with Crippen molar-refractivity contribution in [3.8, 4) is 0 Å². The Kier molecular flexibility index (Phi) is 4.78. The second-order valence-electron chi connectivity index (χ2n) is 4.54. The van der Waals surface area contributed by atoms with Crippen molar-refractivity contribution in [1.82, 2.24) is 0 Å². The van der Waals surface area contributed by atoms with Crippen LogP contribution in [0, 0.1) is 5.41 Å². The second kappa shape index (κ2) is 5.09. The molecule has 0 heterocycles. The number of ketones is 1. The molecule has 0 N–H and O–H groups in total. The molecule has 0 radical (unpaired) electrons. The van der Waals surface area contributed by atoms with Gasteiger partial charge in [0.1, 0.15) is 12.1 Å². The molecular weight excluding hydrogens is 285 g/mol. The van der Waals surface area contributed by atoms with Crippen LogP contribution in [-0.2, 0) is 9.59 Å². The molecular formula is C10H11F7O2. The summed E-state index contributed by atoms with van der Waals surface area (Å²) in [7, 11) is 0. The van der Waals surface area contributed by atoms with Crippen molar-refractivity contribution in [3.05, 3.63) is 0 Å². The molecule has 0 bridgehead atoms. The van der Waals surface area contributed by atoms with Crippen molar-refractivity contribution >= 4 is 12.1 Å². The number of carbonyl (C=O) groups excluding carboxylic acids is 2. The molecule has 19 heavy (non-hydrogen) atoms. The molecule has 0 aromatic rings. The Morgan fingerprint density at radius 3 is 1.74 bits per heavy atom. The molecule has 0 aliphatic rings. The predicted octanol–water partition coefficient (Wildman–Crippen LogP) is 3.39. The van der Waals surface area contributed by atoms with Gasteiger partial charge in [0.05, 0.1) is 5.41 Å². The van der Waals surface area contributed by atoms with Crippen LogP contribution >= 0.6 is 0 Å². The van der Waals surface area contributed by atoms with E-state index in [0.29, 0.717) is 0 Å². The molecule has 0 rings (SSSR count). The van der Waals surface area contributed by atoms with Gasteiger partial charge in [0.15, 0.2) is 0 Å². The lowest BCUT2D eigenvalue weighted by molar-refractivity contribution is -0.355. The van der Waals surface area contributed by atoms with E-state index in [4.69, 9.17) is 0 Å². The highest BCUT2D eigenvalue weighted by Crippen LogP contribution is 2.48. The Bertz CT molecular complexity index is 357. The van der Waals surface area contributed by atoms with Crippen LogP contribution in [0.5, 0.6) is 0 Å². The van der Waals surface area contributed by atoms with Gasteiger partial charge in [0.2, 0.25) is 0 Å². The zero-order valence-corrected chi connectivity index (χ0v) is 9.95. The van der Waals surface area contributed by atoms with Crippen molar-refractivity contribution in [2.75, 3.05) is 0 Å². The number of alkyl halides is 7. The summed E-state index contributed by atoms with van der Waals surface area (Å²) in [6.45, 7) is 2.09. The summed E-state index contributed by atoms with van der Waals surface area (Å²) in [6, 6.07) is 0. The Hall–Kier alpha value is -1.15. The topological polar surface area (TPSA) is 34.1 Å². The molecule has 0 saturated heterocycles. The van der Waals surface area contributed by atoms with Crippen molar-refractivity contribution in [3.63, 3.8) is 0 Å². The van der Waals surface area contributed by atoms with E-state index in [2.05, 4.69) is 0 Å². The number of rotatable bonds is 6. The van der Waals surface area contributed by atoms with Crippen LogP contribution in [0.15, 0.2) is 0 Å². The molecule has 0 unspecified atom stereocenters. The fourth-order valence-corrected chi connectivity index (χ4v) is 1.02. The number of carbonyl (C=O) groups is 2.